The Kier molecular flexibility index (Phi) is 5.19. The van der Waals surface area contributed by atoms with Gasteiger partial charge in [0.2, 0.25) is 11.8 Å². The molecule has 2 heterocycles. The van der Waals surface area contributed by atoms with E-state index in [0.717, 1.165) is 0 Å². The van der Waals surface area contributed by atoms with Crippen molar-refractivity contribution in [3.05, 3.63) is 65.3 Å². The molecule has 0 unspecified atom stereocenters. The molecular weight excluding hydrogens is 376 g/mol. The SMILES string of the molecule is C=CCOC(=O)C1=C(C)OC(N)=C(C(=O)OCC)[C@@]12C(=O)N(C)c1ccccc12. The fraction of sp³-hybridized carbons (Fsp3) is 0.286. The van der Waals surface area contributed by atoms with Crippen molar-refractivity contribution in [3.63, 3.8) is 0 Å². The van der Waals surface area contributed by atoms with E-state index in [4.69, 9.17) is 19.9 Å². The van der Waals surface area contributed by atoms with E-state index >= 15 is 0 Å². The molecule has 0 aliphatic carbocycles. The van der Waals surface area contributed by atoms with Crippen LogP contribution >= 0.6 is 0 Å². The molecule has 1 aromatic carbocycles. The molecule has 0 saturated heterocycles. The molecule has 8 nitrogen and oxygen atoms in total. The minimum Gasteiger partial charge on any atom is -0.462 e. The molecule has 2 aliphatic rings. The van der Waals surface area contributed by atoms with Crippen molar-refractivity contribution in [2.24, 2.45) is 5.73 Å². The number of carbonyl (C=O) groups is 3. The van der Waals surface area contributed by atoms with Crippen molar-refractivity contribution in [2.75, 3.05) is 25.2 Å². The van der Waals surface area contributed by atoms with Gasteiger partial charge in [0.15, 0.2) is 0 Å². The second-order valence-electron chi connectivity index (χ2n) is 6.51. The predicted molar refractivity (Wildman–Crippen MR) is 104 cm³/mol. The summed E-state index contributed by atoms with van der Waals surface area (Å²) in [6.07, 6.45) is 1.40. The average molecular weight is 398 g/mol. The van der Waals surface area contributed by atoms with Gasteiger partial charge in [-0.2, -0.15) is 0 Å². The molecule has 1 spiro atoms. The number of nitrogens with zero attached hydrogens (tertiary/aromatic N) is 1. The van der Waals surface area contributed by atoms with Gasteiger partial charge in [-0.3, -0.25) is 4.79 Å². The molecule has 0 saturated carbocycles. The van der Waals surface area contributed by atoms with E-state index in [2.05, 4.69) is 6.58 Å². The largest absolute Gasteiger partial charge is 0.462 e. The van der Waals surface area contributed by atoms with Gasteiger partial charge in [0.05, 0.1) is 6.61 Å². The molecule has 3 rings (SSSR count). The molecule has 152 valence electrons. The van der Waals surface area contributed by atoms with E-state index < -0.39 is 23.3 Å². The Hall–Kier alpha value is -3.55. The van der Waals surface area contributed by atoms with Crippen LogP contribution in [0.3, 0.4) is 0 Å². The highest BCUT2D eigenvalue weighted by atomic mass is 16.5. The third kappa shape index (κ3) is 2.79. The normalized spacial score (nSPS) is 20.5. The van der Waals surface area contributed by atoms with Crippen molar-refractivity contribution in [1.29, 1.82) is 0 Å². The van der Waals surface area contributed by atoms with E-state index in [-0.39, 0.29) is 36.0 Å². The second-order valence-corrected chi connectivity index (χ2v) is 6.51. The molecule has 0 radical (unpaired) electrons. The summed E-state index contributed by atoms with van der Waals surface area (Å²) in [6.45, 7) is 6.62. The number of fused-ring (bicyclic) bond motifs is 2. The van der Waals surface area contributed by atoms with Crippen LogP contribution in [0.15, 0.2) is 59.7 Å². The molecule has 1 atom stereocenters. The second kappa shape index (κ2) is 7.46. The third-order valence-electron chi connectivity index (χ3n) is 4.92. The lowest BCUT2D eigenvalue weighted by atomic mass is 9.67. The lowest BCUT2D eigenvalue weighted by molar-refractivity contribution is -0.143. The summed E-state index contributed by atoms with van der Waals surface area (Å²) in [4.78, 5) is 41.0. The highest BCUT2D eigenvalue weighted by Gasteiger charge is 2.63. The van der Waals surface area contributed by atoms with Crippen molar-refractivity contribution in [1.82, 2.24) is 0 Å². The molecule has 1 amide bonds. The molecular formula is C21H22N2O6. The Morgan fingerprint density at radius 3 is 2.55 bits per heavy atom. The van der Waals surface area contributed by atoms with Crippen molar-refractivity contribution in [3.8, 4) is 0 Å². The minimum absolute atomic E-state index is 0.0519. The molecule has 0 bridgehead atoms. The minimum atomic E-state index is -1.83. The Balaban J connectivity index is 2.38. The number of allylic oxidation sites excluding steroid dienone is 1. The molecule has 0 fully saturated rings. The fourth-order valence-corrected chi connectivity index (χ4v) is 3.84. The van der Waals surface area contributed by atoms with Crippen LogP contribution in [-0.4, -0.2) is 38.1 Å². The maximum absolute atomic E-state index is 13.6. The first-order chi connectivity index (χ1) is 13.8. The van der Waals surface area contributed by atoms with E-state index in [1.165, 1.54) is 17.9 Å². The summed E-state index contributed by atoms with van der Waals surface area (Å²) in [5.74, 6) is -2.40. The number of para-hydroxylation sites is 1. The number of nitrogens with two attached hydrogens (primary N) is 1. The van der Waals surface area contributed by atoms with Crippen LogP contribution in [0.25, 0.3) is 0 Å². The van der Waals surface area contributed by atoms with Gasteiger partial charge in [-0.25, -0.2) is 9.59 Å². The summed E-state index contributed by atoms with van der Waals surface area (Å²) in [6, 6.07) is 6.86. The average Bonchev–Trinajstić information content (AvgIpc) is 2.89. The molecule has 8 heteroatoms. The van der Waals surface area contributed by atoms with Crippen LogP contribution in [0.1, 0.15) is 19.4 Å². The first kappa shape index (κ1) is 20.2. The highest BCUT2D eigenvalue weighted by Crippen LogP contribution is 2.54. The zero-order valence-corrected chi connectivity index (χ0v) is 16.5. The van der Waals surface area contributed by atoms with Gasteiger partial charge < -0.3 is 24.8 Å². The number of anilines is 1. The molecule has 1 aromatic rings. The summed E-state index contributed by atoms with van der Waals surface area (Å²) in [5.41, 5.74) is 4.84. The van der Waals surface area contributed by atoms with Crippen molar-refractivity contribution >= 4 is 23.5 Å². The van der Waals surface area contributed by atoms with Crippen LogP contribution in [0.2, 0.25) is 0 Å². The number of benzene rings is 1. The van der Waals surface area contributed by atoms with Gasteiger partial charge in [-0.1, -0.05) is 30.9 Å². The number of esters is 2. The summed E-state index contributed by atoms with van der Waals surface area (Å²) >= 11 is 0. The summed E-state index contributed by atoms with van der Waals surface area (Å²) in [5, 5.41) is 0. The number of ether oxygens (including phenoxy) is 3. The Morgan fingerprint density at radius 1 is 1.24 bits per heavy atom. The fourth-order valence-electron chi connectivity index (χ4n) is 3.84. The third-order valence-corrected chi connectivity index (χ3v) is 4.92. The van der Waals surface area contributed by atoms with Crippen LogP contribution in [0.4, 0.5) is 5.69 Å². The lowest BCUT2D eigenvalue weighted by Gasteiger charge is -2.35. The number of likely N-dealkylation sites (N-methyl/N-ethyl adjacent to an activating group) is 1. The van der Waals surface area contributed by atoms with Crippen LogP contribution < -0.4 is 10.6 Å². The highest BCUT2D eigenvalue weighted by molar-refractivity contribution is 6.22. The Labute approximate surface area is 168 Å². The van der Waals surface area contributed by atoms with Gasteiger partial charge in [0.1, 0.15) is 28.9 Å². The van der Waals surface area contributed by atoms with Gasteiger partial charge >= 0.3 is 11.9 Å². The Morgan fingerprint density at radius 2 is 1.90 bits per heavy atom. The number of hydrogen-bond acceptors (Lipinski definition) is 7. The van der Waals surface area contributed by atoms with Gasteiger partial charge in [-0.05, 0) is 19.9 Å². The lowest BCUT2D eigenvalue weighted by Crippen LogP contribution is -2.50. The zero-order chi connectivity index (χ0) is 21.3. The molecule has 29 heavy (non-hydrogen) atoms. The smallest absolute Gasteiger partial charge is 0.341 e. The number of hydrogen-bond donors (Lipinski definition) is 1. The van der Waals surface area contributed by atoms with Crippen molar-refractivity contribution < 1.29 is 28.6 Å². The topological polar surface area (TPSA) is 108 Å². The van der Waals surface area contributed by atoms with Crippen LogP contribution in [0.5, 0.6) is 0 Å². The van der Waals surface area contributed by atoms with Gasteiger partial charge in [0.25, 0.3) is 0 Å². The van der Waals surface area contributed by atoms with E-state index in [9.17, 15) is 14.4 Å². The predicted octanol–water partition coefficient (Wildman–Crippen LogP) is 1.67. The summed E-state index contributed by atoms with van der Waals surface area (Å²) < 4.78 is 15.9. The molecule has 0 aromatic heterocycles. The van der Waals surface area contributed by atoms with Gasteiger partial charge in [0, 0.05) is 18.3 Å². The van der Waals surface area contributed by atoms with Crippen LogP contribution in [-0.2, 0) is 34.0 Å². The maximum Gasteiger partial charge on any atom is 0.341 e. The van der Waals surface area contributed by atoms with Crippen molar-refractivity contribution in [2.45, 2.75) is 19.3 Å². The van der Waals surface area contributed by atoms with E-state index in [0.29, 0.717) is 11.3 Å². The van der Waals surface area contributed by atoms with E-state index in [1.807, 2.05) is 0 Å². The van der Waals surface area contributed by atoms with Crippen LogP contribution in [0, 0.1) is 0 Å². The van der Waals surface area contributed by atoms with E-state index in [1.54, 1.807) is 38.2 Å². The standard InChI is InChI=1S/C21H22N2O6/c1-5-11-28-18(24)15-12(3)29-17(22)16(19(25)27-6-2)21(15)13-9-7-8-10-14(13)23(4)20(21)26/h5,7-10H,1,6,11,22H2,2-4H3/t21-/m0/s1. The number of carbonyl (C=O) groups excluding carboxylic acids is 3. The maximum atomic E-state index is 13.6. The Bertz CT molecular complexity index is 977. The summed E-state index contributed by atoms with van der Waals surface area (Å²) in [7, 11) is 1.56. The number of amides is 1. The number of rotatable bonds is 5. The first-order valence-electron chi connectivity index (χ1n) is 9.04. The monoisotopic (exact) mass is 398 g/mol. The quantitative estimate of drug-likeness (QED) is 0.594. The molecule has 2 N–H and O–H groups in total. The first-order valence-corrected chi connectivity index (χ1v) is 9.04. The zero-order valence-electron chi connectivity index (χ0n) is 16.5. The van der Waals surface area contributed by atoms with Gasteiger partial charge in [-0.15, -0.1) is 0 Å². The molecule has 2 aliphatic heterocycles.